The molecule has 1 unspecified atom stereocenters. The van der Waals surface area contributed by atoms with Crippen LogP contribution < -0.4 is 10.5 Å². The fourth-order valence-corrected chi connectivity index (χ4v) is 3.02. The summed E-state index contributed by atoms with van der Waals surface area (Å²) in [4.78, 5) is 0. The summed E-state index contributed by atoms with van der Waals surface area (Å²) in [6.07, 6.45) is 0. The molecule has 2 aromatic carbocycles. The van der Waals surface area contributed by atoms with Crippen molar-refractivity contribution in [3.63, 3.8) is 0 Å². The Hall–Kier alpha value is -1.45. The average molecular weight is 287 g/mol. The van der Waals surface area contributed by atoms with Gasteiger partial charge in [0.05, 0.1) is 6.61 Å². The number of para-hydroxylation sites is 1. The van der Waals surface area contributed by atoms with E-state index in [-0.39, 0.29) is 6.04 Å². The molecule has 2 nitrogen and oxygen atoms in total. The number of rotatable bonds is 7. The monoisotopic (exact) mass is 287 g/mol. The van der Waals surface area contributed by atoms with Crippen LogP contribution in [0.2, 0.25) is 0 Å². The summed E-state index contributed by atoms with van der Waals surface area (Å²) in [5, 5.41) is 0. The lowest BCUT2D eigenvalue weighted by molar-refractivity contribution is 0.335. The van der Waals surface area contributed by atoms with Gasteiger partial charge in [-0.25, -0.2) is 0 Å². The normalized spacial score (nSPS) is 12.1. The van der Waals surface area contributed by atoms with Crippen LogP contribution in [0.4, 0.5) is 0 Å². The quantitative estimate of drug-likeness (QED) is 0.835. The molecule has 0 heterocycles. The van der Waals surface area contributed by atoms with Gasteiger partial charge in [0.1, 0.15) is 5.75 Å². The van der Waals surface area contributed by atoms with E-state index in [2.05, 4.69) is 30.3 Å². The summed E-state index contributed by atoms with van der Waals surface area (Å²) >= 11 is 1.86. The molecule has 2 N–H and O–H groups in total. The van der Waals surface area contributed by atoms with E-state index in [1.54, 1.807) is 0 Å². The van der Waals surface area contributed by atoms with E-state index in [1.807, 2.05) is 43.0 Å². The minimum atomic E-state index is 0.00598. The highest BCUT2D eigenvalue weighted by Gasteiger charge is 2.11. The van der Waals surface area contributed by atoms with Crippen molar-refractivity contribution < 1.29 is 4.74 Å². The van der Waals surface area contributed by atoms with E-state index in [4.69, 9.17) is 10.5 Å². The summed E-state index contributed by atoms with van der Waals surface area (Å²) in [7, 11) is 0. The van der Waals surface area contributed by atoms with E-state index in [0.717, 1.165) is 22.8 Å². The van der Waals surface area contributed by atoms with Crippen molar-refractivity contribution in [3.8, 4) is 5.75 Å². The lowest BCUT2D eigenvalue weighted by Gasteiger charge is -2.16. The number of nitrogens with two attached hydrogens (primary N) is 1. The summed E-state index contributed by atoms with van der Waals surface area (Å²) in [5.41, 5.74) is 8.72. The highest BCUT2D eigenvalue weighted by atomic mass is 32.2. The first-order valence-electron chi connectivity index (χ1n) is 6.90. The van der Waals surface area contributed by atoms with Gasteiger partial charge in [-0.05, 0) is 18.6 Å². The van der Waals surface area contributed by atoms with Gasteiger partial charge in [0.15, 0.2) is 0 Å². The highest BCUT2D eigenvalue weighted by molar-refractivity contribution is 7.98. The standard InChI is InChI=1S/C17H21NOS/c1-2-19-17-11-7-6-10-15(17)16(18)13-20-12-14-8-4-3-5-9-14/h3-11,16H,2,12-13,18H2,1H3. The molecule has 0 aliphatic rings. The molecule has 0 spiro atoms. The van der Waals surface area contributed by atoms with Crippen molar-refractivity contribution in [2.75, 3.05) is 12.4 Å². The molecular formula is C17H21NOS. The molecule has 2 rings (SSSR count). The summed E-state index contributed by atoms with van der Waals surface area (Å²) in [6.45, 7) is 2.66. The zero-order valence-corrected chi connectivity index (χ0v) is 12.6. The zero-order chi connectivity index (χ0) is 14.2. The van der Waals surface area contributed by atoms with Crippen LogP contribution in [-0.4, -0.2) is 12.4 Å². The molecule has 0 fully saturated rings. The summed E-state index contributed by atoms with van der Waals surface area (Å²) < 4.78 is 5.63. The minimum absolute atomic E-state index is 0.00598. The van der Waals surface area contributed by atoms with Gasteiger partial charge in [-0.1, -0.05) is 48.5 Å². The second-order valence-electron chi connectivity index (χ2n) is 4.58. The first kappa shape index (κ1) is 14.9. The SMILES string of the molecule is CCOc1ccccc1C(N)CSCc1ccccc1. The molecule has 0 aliphatic heterocycles. The van der Waals surface area contributed by atoms with Crippen LogP contribution in [0.1, 0.15) is 24.1 Å². The molecule has 0 amide bonds. The highest BCUT2D eigenvalue weighted by Crippen LogP contribution is 2.27. The van der Waals surface area contributed by atoms with E-state index in [9.17, 15) is 0 Å². The van der Waals surface area contributed by atoms with E-state index in [1.165, 1.54) is 5.56 Å². The summed E-state index contributed by atoms with van der Waals surface area (Å²) in [6, 6.07) is 18.5. The van der Waals surface area contributed by atoms with Gasteiger partial charge >= 0.3 is 0 Å². The van der Waals surface area contributed by atoms with Crippen LogP contribution in [0, 0.1) is 0 Å². The Morgan fingerprint density at radius 1 is 1.05 bits per heavy atom. The zero-order valence-electron chi connectivity index (χ0n) is 11.8. The van der Waals surface area contributed by atoms with Crippen molar-refractivity contribution in [2.24, 2.45) is 5.73 Å². The van der Waals surface area contributed by atoms with Gasteiger partial charge in [-0.2, -0.15) is 11.8 Å². The van der Waals surface area contributed by atoms with Crippen molar-refractivity contribution in [1.82, 2.24) is 0 Å². The number of thioether (sulfide) groups is 1. The third-order valence-electron chi connectivity index (χ3n) is 3.03. The Balaban J connectivity index is 1.90. The predicted molar refractivity (Wildman–Crippen MR) is 87.1 cm³/mol. The molecule has 20 heavy (non-hydrogen) atoms. The largest absolute Gasteiger partial charge is 0.494 e. The molecule has 0 saturated heterocycles. The average Bonchev–Trinajstić information content (AvgIpc) is 2.49. The first-order valence-corrected chi connectivity index (χ1v) is 8.05. The fraction of sp³-hybridized carbons (Fsp3) is 0.294. The van der Waals surface area contributed by atoms with Crippen LogP contribution in [0.25, 0.3) is 0 Å². The van der Waals surface area contributed by atoms with Crippen molar-refractivity contribution >= 4 is 11.8 Å². The van der Waals surface area contributed by atoms with Gasteiger partial charge in [-0.15, -0.1) is 0 Å². The van der Waals surface area contributed by atoms with Crippen molar-refractivity contribution in [3.05, 3.63) is 65.7 Å². The van der Waals surface area contributed by atoms with E-state index < -0.39 is 0 Å². The Labute approximate surface area is 125 Å². The molecule has 0 radical (unpaired) electrons. The Morgan fingerprint density at radius 3 is 2.50 bits per heavy atom. The molecule has 0 aromatic heterocycles. The molecule has 0 bridgehead atoms. The van der Waals surface area contributed by atoms with Crippen LogP contribution >= 0.6 is 11.8 Å². The third-order valence-corrected chi connectivity index (χ3v) is 4.16. The van der Waals surface area contributed by atoms with Gasteiger partial charge in [-0.3, -0.25) is 0 Å². The topological polar surface area (TPSA) is 35.2 Å². The Kier molecular flexibility index (Phi) is 5.96. The molecule has 2 aromatic rings. The number of benzene rings is 2. The molecule has 0 aliphatic carbocycles. The number of ether oxygens (including phenoxy) is 1. The van der Waals surface area contributed by atoms with Crippen LogP contribution in [0.3, 0.4) is 0 Å². The van der Waals surface area contributed by atoms with Crippen LogP contribution in [0.15, 0.2) is 54.6 Å². The van der Waals surface area contributed by atoms with E-state index >= 15 is 0 Å². The first-order chi connectivity index (χ1) is 9.81. The van der Waals surface area contributed by atoms with E-state index in [0.29, 0.717) is 6.61 Å². The maximum Gasteiger partial charge on any atom is 0.124 e. The van der Waals surface area contributed by atoms with Gasteiger partial charge in [0.2, 0.25) is 0 Å². The van der Waals surface area contributed by atoms with Crippen LogP contribution in [-0.2, 0) is 5.75 Å². The fourth-order valence-electron chi connectivity index (χ4n) is 2.04. The minimum Gasteiger partial charge on any atom is -0.494 e. The van der Waals surface area contributed by atoms with Crippen molar-refractivity contribution in [2.45, 2.75) is 18.7 Å². The Morgan fingerprint density at radius 2 is 1.75 bits per heavy atom. The number of hydrogen-bond donors (Lipinski definition) is 1. The second kappa shape index (κ2) is 7.98. The third kappa shape index (κ3) is 4.29. The maximum absolute atomic E-state index is 6.29. The lowest BCUT2D eigenvalue weighted by Crippen LogP contribution is -2.14. The smallest absolute Gasteiger partial charge is 0.124 e. The number of hydrogen-bond acceptors (Lipinski definition) is 3. The predicted octanol–water partition coefficient (Wildman–Crippen LogP) is 4.02. The molecular weight excluding hydrogens is 266 g/mol. The Bertz CT molecular complexity index is 515. The van der Waals surface area contributed by atoms with Gasteiger partial charge in [0.25, 0.3) is 0 Å². The molecule has 1 atom stereocenters. The molecule has 106 valence electrons. The maximum atomic E-state index is 6.29. The lowest BCUT2D eigenvalue weighted by atomic mass is 10.1. The van der Waals surface area contributed by atoms with Crippen molar-refractivity contribution in [1.29, 1.82) is 0 Å². The second-order valence-corrected chi connectivity index (χ2v) is 5.61. The van der Waals surface area contributed by atoms with Gasteiger partial charge in [0, 0.05) is 23.1 Å². The summed E-state index contributed by atoms with van der Waals surface area (Å²) in [5.74, 6) is 2.78. The molecule has 3 heteroatoms. The van der Waals surface area contributed by atoms with Crippen LogP contribution in [0.5, 0.6) is 5.75 Å². The molecule has 0 saturated carbocycles. The van der Waals surface area contributed by atoms with Gasteiger partial charge < -0.3 is 10.5 Å².